The molecule has 0 spiro atoms. The third-order valence-corrected chi connectivity index (χ3v) is 4.53. The number of rotatable bonds is 5. The SMILES string of the molecule is Cc1c(NC(=O)CN2CCN(C(=O)c3ccco3)CC2)cccc1[N+](=O)[O-]. The molecule has 27 heavy (non-hydrogen) atoms. The molecule has 1 N–H and O–H groups in total. The van der Waals surface area contributed by atoms with E-state index in [-0.39, 0.29) is 24.0 Å². The number of nitrogens with zero attached hydrogens (tertiary/aromatic N) is 3. The maximum atomic E-state index is 12.3. The van der Waals surface area contributed by atoms with Crippen molar-refractivity contribution in [3.63, 3.8) is 0 Å². The van der Waals surface area contributed by atoms with Gasteiger partial charge in [0.1, 0.15) is 0 Å². The molecule has 142 valence electrons. The molecule has 0 unspecified atom stereocenters. The lowest BCUT2D eigenvalue weighted by Gasteiger charge is -2.33. The minimum absolute atomic E-state index is 0.0298. The van der Waals surface area contributed by atoms with Gasteiger partial charge in [-0.05, 0) is 25.1 Å². The first-order valence-corrected chi connectivity index (χ1v) is 8.54. The summed E-state index contributed by atoms with van der Waals surface area (Å²) in [5.41, 5.74) is 0.823. The monoisotopic (exact) mass is 372 g/mol. The lowest BCUT2D eigenvalue weighted by Crippen LogP contribution is -2.50. The fourth-order valence-electron chi connectivity index (χ4n) is 3.01. The second-order valence-electron chi connectivity index (χ2n) is 6.30. The Hall–Kier alpha value is -3.20. The van der Waals surface area contributed by atoms with Gasteiger partial charge in [-0.3, -0.25) is 24.6 Å². The van der Waals surface area contributed by atoms with Crippen molar-refractivity contribution in [2.45, 2.75) is 6.92 Å². The number of carbonyl (C=O) groups is 2. The fourth-order valence-corrected chi connectivity index (χ4v) is 3.01. The van der Waals surface area contributed by atoms with Crippen LogP contribution in [0.4, 0.5) is 11.4 Å². The molecule has 2 heterocycles. The zero-order valence-electron chi connectivity index (χ0n) is 14.9. The highest BCUT2D eigenvalue weighted by Gasteiger charge is 2.25. The Kier molecular flexibility index (Phi) is 5.51. The summed E-state index contributed by atoms with van der Waals surface area (Å²) in [5, 5.41) is 13.7. The van der Waals surface area contributed by atoms with Gasteiger partial charge in [0.15, 0.2) is 5.76 Å². The van der Waals surface area contributed by atoms with E-state index in [1.807, 2.05) is 4.90 Å². The summed E-state index contributed by atoms with van der Waals surface area (Å²) >= 11 is 0. The molecule has 9 nitrogen and oxygen atoms in total. The minimum Gasteiger partial charge on any atom is -0.459 e. The smallest absolute Gasteiger partial charge is 0.289 e. The molecule has 1 fully saturated rings. The Labute approximate surface area is 155 Å². The van der Waals surface area contributed by atoms with E-state index in [0.717, 1.165) is 0 Å². The normalized spacial score (nSPS) is 14.8. The third-order valence-electron chi connectivity index (χ3n) is 4.53. The van der Waals surface area contributed by atoms with Crippen LogP contribution in [0.15, 0.2) is 41.0 Å². The van der Waals surface area contributed by atoms with Crippen LogP contribution in [-0.4, -0.2) is 59.3 Å². The predicted molar refractivity (Wildman–Crippen MR) is 97.5 cm³/mol. The summed E-state index contributed by atoms with van der Waals surface area (Å²) in [6.07, 6.45) is 1.46. The van der Waals surface area contributed by atoms with Crippen LogP contribution in [0.2, 0.25) is 0 Å². The van der Waals surface area contributed by atoms with Crippen molar-refractivity contribution < 1.29 is 18.9 Å². The zero-order chi connectivity index (χ0) is 19.4. The van der Waals surface area contributed by atoms with Crippen molar-refractivity contribution in [1.29, 1.82) is 0 Å². The lowest BCUT2D eigenvalue weighted by molar-refractivity contribution is -0.385. The maximum Gasteiger partial charge on any atom is 0.289 e. The van der Waals surface area contributed by atoms with Crippen LogP contribution in [0.5, 0.6) is 0 Å². The van der Waals surface area contributed by atoms with E-state index in [9.17, 15) is 19.7 Å². The van der Waals surface area contributed by atoms with E-state index in [1.54, 1.807) is 36.1 Å². The van der Waals surface area contributed by atoms with Crippen LogP contribution in [0.1, 0.15) is 16.1 Å². The number of benzene rings is 1. The summed E-state index contributed by atoms with van der Waals surface area (Å²) in [6.45, 7) is 3.89. The number of carbonyl (C=O) groups excluding carboxylic acids is 2. The average molecular weight is 372 g/mol. The van der Waals surface area contributed by atoms with Gasteiger partial charge in [-0.15, -0.1) is 0 Å². The Morgan fingerprint density at radius 1 is 1.19 bits per heavy atom. The first-order chi connectivity index (χ1) is 13.0. The van der Waals surface area contributed by atoms with Gasteiger partial charge < -0.3 is 14.6 Å². The van der Waals surface area contributed by atoms with Gasteiger partial charge in [0, 0.05) is 32.2 Å². The highest BCUT2D eigenvalue weighted by atomic mass is 16.6. The molecular formula is C18H20N4O5. The van der Waals surface area contributed by atoms with Crippen molar-refractivity contribution in [1.82, 2.24) is 9.80 Å². The zero-order valence-corrected chi connectivity index (χ0v) is 14.9. The number of anilines is 1. The van der Waals surface area contributed by atoms with E-state index >= 15 is 0 Å². The van der Waals surface area contributed by atoms with E-state index in [4.69, 9.17) is 4.42 Å². The number of hydrogen-bond donors (Lipinski definition) is 1. The Bertz CT molecular complexity index is 841. The Morgan fingerprint density at radius 3 is 2.56 bits per heavy atom. The topological polar surface area (TPSA) is 109 Å². The van der Waals surface area contributed by atoms with E-state index < -0.39 is 4.92 Å². The van der Waals surface area contributed by atoms with Gasteiger partial charge in [-0.1, -0.05) is 6.07 Å². The number of furan rings is 1. The summed E-state index contributed by atoms with van der Waals surface area (Å²) < 4.78 is 5.13. The largest absolute Gasteiger partial charge is 0.459 e. The van der Waals surface area contributed by atoms with Crippen molar-refractivity contribution in [2.24, 2.45) is 0 Å². The van der Waals surface area contributed by atoms with Gasteiger partial charge in [-0.2, -0.15) is 0 Å². The van der Waals surface area contributed by atoms with Crippen LogP contribution in [-0.2, 0) is 4.79 Å². The highest BCUT2D eigenvalue weighted by Crippen LogP contribution is 2.25. The summed E-state index contributed by atoms with van der Waals surface area (Å²) in [7, 11) is 0. The van der Waals surface area contributed by atoms with Crippen LogP contribution >= 0.6 is 0 Å². The number of nitro benzene ring substituents is 1. The van der Waals surface area contributed by atoms with Crippen LogP contribution < -0.4 is 5.32 Å². The number of piperazine rings is 1. The molecule has 0 saturated carbocycles. The second kappa shape index (κ2) is 8.00. The molecule has 9 heteroatoms. The molecule has 0 bridgehead atoms. The second-order valence-corrected chi connectivity index (χ2v) is 6.30. The molecule has 1 aliphatic heterocycles. The molecule has 2 amide bonds. The van der Waals surface area contributed by atoms with Gasteiger partial charge in [-0.25, -0.2) is 0 Å². The van der Waals surface area contributed by atoms with Gasteiger partial charge in [0.2, 0.25) is 5.91 Å². The van der Waals surface area contributed by atoms with Crippen molar-refractivity contribution in [3.8, 4) is 0 Å². The molecule has 1 aliphatic rings. The standard InChI is InChI=1S/C18H20N4O5/c1-13-14(4-2-5-15(13)22(25)26)19-17(23)12-20-7-9-21(10-8-20)18(24)16-6-3-11-27-16/h2-6,11H,7-10,12H2,1H3,(H,19,23). The van der Waals surface area contributed by atoms with E-state index in [1.165, 1.54) is 12.3 Å². The van der Waals surface area contributed by atoms with Crippen molar-refractivity contribution in [3.05, 3.63) is 58.0 Å². The Balaban J connectivity index is 1.52. The van der Waals surface area contributed by atoms with Crippen LogP contribution in [0.3, 0.4) is 0 Å². The molecule has 3 rings (SSSR count). The van der Waals surface area contributed by atoms with Crippen molar-refractivity contribution in [2.75, 3.05) is 38.0 Å². The van der Waals surface area contributed by atoms with Gasteiger partial charge in [0.25, 0.3) is 11.6 Å². The number of nitrogens with one attached hydrogen (secondary N) is 1. The first kappa shape index (κ1) is 18.6. The van der Waals surface area contributed by atoms with Gasteiger partial charge >= 0.3 is 0 Å². The number of amides is 2. The molecular weight excluding hydrogens is 352 g/mol. The molecule has 1 aromatic heterocycles. The summed E-state index contributed by atoms with van der Waals surface area (Å²) in [6, 6.07) is 7.88. The average Bonchev–Trinajstić information content (AvgIpc) is 3.18. The molecule has 0 aliphatic carbocycles. The molecule has 0 atom stereocenters. The third kappa shape index (κ3) is 4.32. The number of nitro groups is 1. The molecule has 2 aromatic rings. The maximum absolute atomic E-state index is 12.3. The molecule has 0 radical (unpaired) electrons. The van der Waals surface area contributed by atoms with Gasteiger partial charge in [0.05, 0.1) is 29.0 Å². The molecule has 1 saturated heterocycles. The van der Waals surface area contributed by atoms with E-state index in [2.05, 4.69) is 5.32 Å². The fraction of sp³-hybridized carbons (Fsp3) is 0.333. The summed E-state index contributed by atoms with van der Waals surface area (Å²) in [5.74, 6) is -0.0944. The van der Waals surface area contributed by atoms with Crippen molar-refractivity contribution >= 4 is 23.2 Å². The number of hydrogen-bond acceptors (Lipinski definition) is 6. The quantitative estimate of drug-likeness (QED) is 0.634. The van der Waals surface area contributed by atoms with E-state index in [0.29, 0.717) is 43.2 Å². The van der Waals surface area contributed by atoms with Crippen LogP contribution in [0, 0.1) is 17.0 Å². The lowest BCUT2D eigenvalue weighted by atomic mass is 10.1. The minimum atomic E-state index is -0.472. The Morgan fingerprint density at radius 2 is 1.93 bits per heavy atom. The van der Waals surface area contributed by atoms with Crippen LogP contribution in [0.25, 0.3) is 0 Å². The highest BCUT2D eigenvalue weighted by molar-refractivity contribution is 5.93. The predicted octanol–water partition coefficient (Wildman–Crippen LogP) is 1.89. The summed E-state index contributed by atoms with van der Waals surface area (Å²) in [4.78, 5) is 38.7. The molecule has 1 aromatic carbocycles. The first-order valence-electron chi connectivity index (χ1n) is 8.54.